The molecule has 0 radical (unpaired) electrons. The number of benzene rings is 2. The van der Waals surface area contributed by atoms with Gasteiger partial charge in [0, 0.05) is 24.9 Å². The molecule has 0 fully saturated rings. The second-order valence-electron chi connectivity index (χ2n) is 5.73. The van der Waals surface area contributed by atoms with Crippen molar-refractivity contribution in [3.63, 3.8) is 0 Å². The van der Waals surface area contributed by atoms with Crippen molar-refractivity contribution in [1.29, 1.82) is 0 Å². The Hall–Kier alpha value is -2.66. The fraction of sp³-hybridized carbons (Fsp3) is 0.250. The summed E-state index contributed by atoms with van der Waals surface area (Å²) in [5, 5.41) is 23.5. The van der Waals surface area contributed by atoms with Gasteiger partial charge in [-0.25, -0.2) is 8.42 Å². The highest BCUT2D eigenvalue weighted by Gasteiger charge is 2.30. The quantitative estimate of drug-likeness (QED) is 0.565. The van der Waals surface area contributed by atoms with E-state index in [-0.39, 0.29) is 22.7 Å². The molecule has 2 aromatic carbocycles. The molecule has 0 saturated heterocycles. The second-order valence-corrected chi connectivity index (χ2v) is 7.71. The number of nitrogens with one attached hydrogen (secondary N) is 1. The van der Waals surface area contributed by atoms with E-state index in [0.717, 1.165) is 42.7 Å². The van der Waals surface area contributed by atoms with Crippen LogP contribution in [0.2, 0.25) is 0 Å². The molecule has 0 saturated carbocycles. The van der Waals surface area contributed by atoms with Gasteiger partial charge >= 0.3 is 6.18 Å². The second kappa shape index (κ2) is 7.53. The average Bonchev–Trinajstić information content (AvgIpc) is 2.58. The zero-order chi connectivity index (χ0) is 20.4. The van der Waals surface area contributed by atoms with Gasteiger partial charge in [0.15, 0.2) is 9.84 Å². The molecule has 0 aliphatic heterocycles. The van der Waals surface area contributed by atoms with Crippen molar-refractivity contribution in [2.45, 2.75) is 17.2 Å². The summed E-state index contributed by atoms with van der Waals surface area (Å²) >= 11 is 0. The molecular formula is C16H15F3N2O5S. The molecular weight excluding hydrogens is 389 g/mol. The molecule has 0 amide bonds. The number of hydrogen-bond acceptors (Lipinski definition) is 6. The van der Waals surface area contributed by atoms with Gasteiger partial charge in [0.05, 0.1) is 27.2 Å². The van der Waals surface area contributed by atoms with Crippen LogP contribution in [0, 0.1) is 10.1 Å². The molecule has 2 aromatic rings. The molecule has 2 rings (SSSR count). The van der Waals surface area contributed by atoms with Gasteiger partial charge in [-0.1, -0.05) is 12.1 Å². The Morgan fingerprint density at radius 3 is 2.44 bits per heavy atom. The van der Waals surface area contributed by atoms with Crippen molar-refractivity contribution in [3.8, 4) is 0 Å². The van der Waals surface area contributed by atoms with E-state index in [1.165, 1.54) is 6.07 Å². The predicted octanol–water partition coefficient (Wildman–Crippen LogP) is 3.16. The largest absolute Gasteiger partial charge is 0.416 e. The topological polar surface area (TPSA) is 110 Å². The molecule has 0 aromatic heterocycles. The Morgan fingerprint density at radius 1 is 1.22 bits per heavy atom. The third-order valence-electron chi connectivity index (χ3n) is 3.66. The monoisotopic (exact) mass is 404 g/mol. The minimum atomic E-state index is -4.56. The number of anilines is 1. The molecule has 0 aliphatic carbocycles. The summed E-state index contributed by atoms with van der Waals surface area (Å²) in [7, 11) is -3.83. The summed E-state index contributed by atoms with van der Waals surface area (Å²) in [6.07, 6.45) is -5.07. The van der Waals surface area contributed by atoms with Crippen molar-refractivity contribution in [2.24, 2.45) is 0 Å². The summed E-state index contributed by atoms with van der Waals surface area (Å²) in [5.74, 6) is 0. The van der Waals surface area contributed by atoms with Gasteiger partial charge in [0.25, 0.3) is 5.69 Å². The number of nitro groups is 1. The van der Waals surface area contributed by atoms with Gasteiger partial charge in [-0.15, -0.1) is 0 Å². The number of aliphatic hydroxyl groups excluding tert-OH is 1. The Bertz CT molecular complexity index is 961. The minimum absolute atomic E-state index is 0.00544. The molecule has 1 atom stereocenters. The van der Waals surface area contributed by atoms with Crippen molar-refractivity contribution < 1.29 is 31.6 Å². The van der Waals surface area contributed by atoms with Gasteiger partial charge in [-0.3, -0.25) is 10.1 Å². The number of nitrogens with zero attached hydrogens (tertiary/aromatic N) is 1. The van der Waals surface area contributed by atoms with Crippen LogP contribution < -0.4 is 5.32 Å². The van der Waals surface area contributed by atoms with Crippen LogP contribution in [-0.4, -0.2) is 31.2 Å². The van der Waals surface area contributed by atoms with E-state index in [2.05, 4.69) is 5.32 Å². The lowest BCUT2D eigenvalue weighted by Gasteiger charge is -2.16. The first-order chi connectivity index (χ1) is 12.4. The van der Waals surface area contributed by atoms with Gasteiger partial charge in [0.1, 0.15) is 0 Å². The average molecular weight is 404 g/mol. The number of halogens is 3. The fourth-order valence-electron chi connectivity index (χ4n) is 2.32. The van der Waals surface area contributed by atoms with Crippen LogP contribution in [0.25, 0.3) is 0 Å². The molecule has 0 spiro atoms. The van der Waals surface area contributed by atoms with E-state index in [1.54, 1.807) is 0 Å². The summed E-state index contributed by atoms with van der Waals surface area (Å²) in [6.45, 7) is -0.304. The van der Waals surface area contributed by atoms with Gasteiger partial charge < -0.3 is 10.4 Å². The predicted molar refractivity (Wildman–Crippen MR) is 91.1 cm³/mol. The van der Waals surface area contributed by atoms with Crippen LogP contribution in [0.1, 0.15) is 17.2 Å². The SMILES string of the molecule is CS(=O)(=O)c1cc([N+](=O)[O-])ccc1NCC(O)c1cccc(C(F)(F)F)c1. The third kappa shape index (κ3) is 5.17. The number of non-ortho nitro benzene ring substituents is 1. The van der Waals surface area contributed by atoms with E-state index in [0.29, 0.717) is 0 Å². The van der Waals surface area contributed by atoms with Crippen molar-refractivity contribution >= 4 is 21.2 Å². The maximum Gasteiger partial charge on any atom is 0.416 e. The van der Waals surface area contributed by atoms with Crippen LogP contribution in [-0.2, 0) is 16.0 Å². The Labute approximate surface area is 152 Å². The van der Waals surface area contributed by atoms with Crippen LogP contribution in [0.5, 0.6) is 0 Å². The van der Waals surface area contributed by atoms with Gasteiger partial charge in [0.2, 0.25) is 0 Å². The number of sulfone groups is 1. The van der Waals surface area contributed by atoms with E-state index >= 15 is 0 Å². The summed E-state index contributed by atoms with van der Waals surface area (Å²) in [6, 6.07) is 7.21. The maximum atomic E-state index is 12.8. The van der Waals surface area contributed by atoms with Gasteiger partial charge in [-0.05, 0) is 23.8 Å². The maximum absolute atomic E-state index is 12.8. The molecule has 146 valence electrons. The van der Waals surface area contributed by atoms with E-state index in [4.69, 9.17) is 0 Å². The molecule has 0 bridgehead atoms. The van der Waals surface area contributed by atoms with E-state index < -0.39 is 38.3 Å². The number of alkyl halides is 3. The number of aliphatic hydroxyl groups is 1. The molecule has 7 nitrogen and oxygen atoms in total. The lowest BCUT2D eigenvalue weighted by atomic mass is 10.1. The first kappa shape index (κ1) is 20.6. The van der Waals surface area contributed by atoms with Crippen molar-refractivity contribution in [2.75, 3.05) is 18.1 Å². The molecule has 11 heteroatoms. The minimum Gasteiger partial charge on any atom is -0.387 e. The first-order valence-electron chi connectivity index (χ1n) is 7.47. The highest BCUT2D eigenvalue weighted by molar-refractivity contribution is 7.90. The number of hydrogen-bond donors (Lipinski definition) is 2. The van der Waals surface area contributed by atoms with Gasteiger partial charge in [-0.2, -0.15) is 13.2 Å². The third-order valence-corrected chi connectivity index (χ3v) is 4.80. The zero-order valence-electron chi connectivity index (χ0n) is 13.9. The number of rotatable bonds is 6. The fourth-order valence-corrected chi connectivity index (χ4v) is 3.20. The lowest BCUT2D eigenvalue weighted by Crippen LogP contribution is -2.15. The Balaban J connectivity index is 2.25. The summed E-state index contributed by atoms with van der Waals surface area (Å²) in [5.41, 5.74) is -1.38. The van der Waals surface area contributed by atoms with E-state index in [9.17, 15) is 36.8 Å². The molecule has 2 N–H and O–H groups in total. The summed E-state index contributed by atoms with van der Waals surface area (Å²) in [4.78, 5) is 9.71. The molecule has 1 unspecified atom stereocenters. The van der Waals surface area contributed by atoms with Crippen LogP contribution in [0.15, 0.2) is 47.4 Å². The molecule has 27 heavy (non-hydrogen) atoms. The summed E-state index contributed by atoms with van der Waals surface area (Å²) < 4.78 is 61.9. The van der Waals surface area contributed by atoms with Crippen molar-refractivity contribution in [3.05, 3.63) is 63.7 Å². The smallest absolute Gasteiger partial charge is 0.387 e. The number of nitro benzene ring substituents is 1. The Morgan fingerprint density at radius 2 is 1.89 bits per heavy atom. The molecule has 0 heterocycles. The lowest BCUT2D eigenvalue weighted by molar-refractivity contribution is -0.385. The normalized spacial score (nSPS) is 13.2. The van der Waals surface area contributed by atoms with Crippen LogP contribution in [0.3, 0.4) is 0 Å². The highest BCUT2D eigenvalue weighted by Crippen LogP contribution is 2.31. The van der Waals surface area contributed by atoms with Crippen molar-refractivity contribution in [1.82, 2.24) is 0 Å². The standard InChI is InChI=1S/C16H15F3N2O5S/c1-27(25,26)15-8-12(21(23)24)5-6-13(15)20-9-14(22)10-3-2-4-11(7-10)16(17,18)19/h2-8,14,20,22H,9H2,1H3. The van der Waals surface area contributed by atoms with Crippen LogP contribution >= 0.6 is 0 Å². The molecule has 0 aliphatic rings. The Kier molecular flexibility index (Phi) is 5.76. The first-order valence-corrected chi connectivity index (χ1v) is 9.36. The van der Waals surface area contributed by atoms with Crippen LogP contribution in [0.4, 0.5) is 24.5 Å². The van der Waals surface area contributed by atoms with E-state index in [1.807, 2.05) is 0 Å². The highest BCUT2D eigenvalue weighted by atomic mass is 32.2. The zero-order valence-corrected chi connectivity index (χ0v) is 14.7.